The maximum atomic E-state index is 12.9. The van der Waals surface area contributed by atoms with Crippen LogP contribution in [0.25, 0.3) is 0 Å². The fourth-order valence-electron chi connectivity index (χ4n) is 3.00. The van der Waals surface area contributed by atoms with Crippen LogP contribution >= 0.6 is 11.6 Å². The Bertz CT molecular complexity index is 736. The summed E-state index contributed by atoms with van der Waals surface area (Å²) in [7, 11) is 0. The molecule has 1 aliphatic heterocycles. The molecule has 1 atom stereocenters. The average Bonchev–Trinajstić information content (AvgIpc) is 3.02. The molecule has 1 aromatic carbocycles. The maximum Gasteiger partial charge on any atom is 0.255 e. The fourth-order valence-corrected chi connectivity index (χ4v) is 3.13. The lowest BCUT2D eigenvalue weighted by Crippen LogP contribution is -2.54. The molecule has 0 radical (unpaired) electrons. The summed E-state index contributed by atoms with van der Waals surface area (Å²) in [5.41, 5.74) is 5.26. The topological polar surface area (TPSA) is 89.2 Å². The highest BCUT2D eigenvalue weighted by Gasteiger charge is 2.51. The normalized spacial score (nSPS) is 20.5. The van der Waals surface area contributed by atoms with Gasteiger partial charge >= 0.3 is 0 Å². The number of primary amides is 1. The molecule has 2 aromatic rings. The van der Waals surface area contributed by atoms with Crippen LogP contribution in [0.5, 0.6) is 0 Å². The number of amides is 2. The van der Waals surface area contributed by atoms with Crippen molar-refractivity contribution in [3.8, 4) is 0 Å². The van der Waals surface area contributed by atoms with Crippen LogP contribution in [-0.2, 0) is 10.3 Å². The van der Waals surface area contributed by atoms with E-state index >= 15 is 0 Å². The molecular formula is C16H15ClN4O2. The molecule has 0 saturated carbocycles. The van der Waals surface area contributed by atoms with Gasteiger partial charge in [-0.05, 0) is 37.1 Å². The van der Waals surface area contributed by atoms with E-state index < -0.39 is 11.4 Å². The second-order valence-corrected chi connectivity index (χ2v) is 5.82. The van der Waals surface area contributed by atoms with Crippen molar-refractivity contribution in [2.24, 2.45) is 5.73 Å². The van der Waals surface area contributed by atoms with Gasteiger partial charge in [0.25, 0.3) is 5.91 Å². The zero-order valence-electron chi connectivity index (χ0n) is 12.3. The maximum absolute atomic E-state index is 12.9. The van der Waals surface area contributed by atoms with Gasteiger partial charge < -0.3 is 10.6 Å². The molecule has 1 saturated heterocycles. The summed E-state index contributed by atoms with van der Waals surface area (Å²) in [5, 5.41) is 0.540. The number of aromatic nitrogens is 2. The number of carbonyl (C=O) groups excluding carboxylic acids is 2. The minimum absolute atomic E-state index is 0.274. The standard InChI is InChI=1S/C16H15ClN4O2/c17-12-4-2-11(3-5-12)14(22)21-9-1-6-16(21,15(18)23)13-10-19-7-8-20-13/h2-5,7-8,10H,1,6,9H2,(H2,18,23)/t16-/m1/s1. The summed E-state index contributed by atoms with van der Waals surface area (Å²) in [4.78, 5) is 34.9. The highest BCUT2D eigenvalue weighted by Crippen LogP contribution is 2.38. The molecule has 118 valence electrons. The Hall–Kier alpha value is -2.47. The third-order valence-corrected chi connectivity index (χ3v) is 4.36. The van der Waals surface area contributed by atoms with E-state index in [0.717, 1.165) is 0 Å². The lowest BCUT2D eigenvalue weighted by molar-refractivity contribution is -0.128. The first-order valence-electron chi connectivity index (χ1n) is 7.19. The first-order valence-corrected chi connectivity index (χ1v) is 7.57. The predicted octanol–water partition coefficient (Wildman–Crippen LogP) is 1.75. The van der Waals surface area contributed by atoms with E-state index in [2.05, 4.69) is 9.97 Å². The number of carbonyl (C=O) groups is 2. The highest BCUT2D eigenvalue weighted by molar-refractivity contribution is 6.30. The van der Waals surface area contributed by atoms with E-state index in [1.807, 2.05) is 0 Å². The third-order valence-electron chi connectivity index (χ3n) is 4.11. The van der Waals surface area contributed by atoms with Gasteiger partial charge in [0.05, 0.1) is 11.9 Å². The molecule has 0 spiro atoms. The first-order chi connectivity index (χ1) is 11.1. The molecule has 0 unspecified atom stereocenters. The number of halogens is 1. The minimum Gasteiger partial charge on any atom is -0.367 e. The van der Waals surface area contributed by atoms with E-state index in [1.54, 1.807) is 24.3 Å². The molecule has 7 heteroatoms. The fraction of sp³-hybridized carbons (Fsp3) is 0.250. The van der Waals surface area contributed by atoms with Gasteiger partial charge in [0.1, 0.15) is 0 Å². The van der Waals surface area contributed by atoms with Gasteiger partial charge in [-0.2, -0.15) is 0 Å². The van der Waals surface area contributed by atoms with Crippen LogP contribution in [0.3, 0.4) is 0 Å². The smallest absolute Gasteiger partial charge is 0.255 e. The van der Waals surface area contributed by atoms with Gasteiger partial charge in [-0.1, -0.05) is 11.6 Å². The van der Waals surface area contributed by atoms with Crippen molar-refractivity contribution in [2.75, 3.05) is 6.54 Å². The van der Waals surface area contributed by atoms with Crippen molar-refractivity contribution in [1.29, 1.82) is 0 Å². The molecule has 2 heterocycles. The molecule has 1 fully saturated rings. The van der Waals surface area contributed by atoms with Crippen molar-refractivity contribution in [1.82, 2.24) is 14.9 Å². The molecule has 2 N–H and O–H groups in total. The number of nitrogens with zero attached hydrogens (tertiary/aromatic N) is 3. The first kappa shape index (κ1) is 15.4. The molecule has 1 aliphatic rings. The number of nitrogens with two attached hydrogens (primary N) is 1. The van der Waals surface area contributed by atoms with Gasteiger partial charge in [0, 0.05) is 29.5 Å². The summed E-state index contributed by atoms with van der Waals surface area (Å²) in [6, 6.07) is 6.54. The number of likely N-dealkylation sites (tertiary alicyclic amines) is 1. The largest absolute Gasteiger partial charge is 0.367 e. The van der Waals surface area contributed by atoms with Gasteiger partial charge in [-0.25, -0.2) is 0 Å². The Morgan fingerprint density at radius 2 is 1.96 bits per heavy atom. The Morgan fingerprint density at radius 3 is 2.57 bits per heavy atom. The van der Waals surface area contributed by atoms with Crippen molar-refractivity contribution in [3.05, 3.63) is 59.1 Å². The number of hydrogen-bond acceptors (Lipinski definition) is 4. The summed E-state index contributed by atoms with van der Waals surface area (Å²) in [6.07, 6.45) is 5.58. The van der Waals surface area contributed by atoms with Gasteiger partial charge in [-0.15, -0.1) is 0 Å². The molecular weight excluding hydrogens is 316 g/mol. The molecule has 0 aliphatic carbocycles. The minimum atomic E-state index is -1.26. The summed E-state index contributed by atoms with van der Waals surface area (Å²) < 4.78 is 0. The SMILES string of the molecule is NC(=O)[C@]1(c2cnccn2)CCCN1C(=O)c1ccc(Cl)cc1. The predicted molar refractivity (Wildman–Crippen MR) is 84.6 cm³/mol. The Balaban J connectivity index is 2.05. The molecule has 0 bridgehead atoms. The van der Waals surface area contributed by atoms with Crippen LogP contribution in [0.15, 0.2) is 42.9 Å². The monoisotopic (exact) mass is 330 g/mol. The second-order valence-electron chi connectivity index (χ2n) is 5.38. The van der Waals surface area contributed by atoms with Crippen molar-refractivity contribution < 1.29 is 9.59 Å². The van der Waals surface area contributed by atoms with E-state index in [9.17, 15) is 9.59 Å². The lowest BCUT2D eigenvalue weighted by atomic mass is 9.90. The quantitative estimate of drug-likeness (QED) is 0.928. The molecule has 1 aromatic heterocycles. The van der Waals surface area contributed by atoms with Crippen molar-refractivity contribution in [2.45, 2.75) is 18.4 Å². The Kier molecular flexibility index (Phi) is 4.00. The number of benzene rings is 1. The van der Waals surface area contributed by atoms with E-state index in [-0.39, 0.29) is 5.91 Å². The third kappa shape index (κ3) is 2.55. The molecule has 6 nitrogen and oxygen atoms in total. The van der Waals surface area contributed by atoms with E-state index in [0.29, 0.717) is 35.7 Å². The van der Waals surface area contributed by atoms with Crippen LogP contribution in [0.4, 0.5) is 0 Å². The Morgan fingerprint density at radius 1 is 1.22 bits per heavy atom. The van der Waals surface area contributed by atoms with Crippen LogP contribution in [0, 0.1) is 0 Å². The van der Waals surface area contributed by atoms with Crippen LogP contribution in [0.2, 0.25) is 5.02 Å². The van der Waals surface area contributed by atoms with Gasteiger partial charge in [0.15, 0.2) is 5.54 Å². The highest BCUT2D eigenvalue weighted by atomic mass is 35.5. The van der Waals surface area contributed by atoms with E-state index in [1.165, 1.54) is 23.5 Å². The van der Waals surface area contributed by atoms with Crippen LogP contribution in [-0.4, -0.2) is 33.2 Å². The zero-order valence-corrected chi connectivity index (χ0v) is 13.0. The summed E-state index contributed by atoms with van der Waals surface area (Å²) >= 11 is 5.86. The lowest BCUT2D eigenvalue weighted by Gasteiger charge is -2.35. The van der Waals surface area contributed by atoms with Gasteiger partial charge in [0.2, 0.25) is 5.91 Å². The molecule has 23 heavy (non-hydrogen) atoms. The zero-order chi connectivity index (χ0) is 16.4. The summed E-state index contributed by atoms with van der Waals surface area (Å²) in [6.45, 7) is 0.432. The van der Waals surface area contributed by atoms with Crippen LogP contribution < -0.4 is 5.73 Å². The summed E-state index contributed by atoms with van der Waals surface area (Å²) in [5.74, 6) is -0.874. The Labute approximate surface area is 138 Å². The van der Waals surface area contributed by atoms with Crippen molar-refractivity contribution >= 4 is 23.4 Å². The number of hydrogen-bond donors (Lipinski definition) is 1. The average molecular weight is 331 g/mol. The van der Waals surface area contributed by atoms with E-state index in [4.69, 9.17) is 17.3 Å². The molecule has 3 rings (SSSR count). The number of rotatable bonds is 3. The molecule has 2 amide bonds. The van der Waals surface area contributed by atoms with Gasteiger partial charge in [-0.3, -0.25) is 19.6 Å². The van der Waals surface area contributed by atoms with Crippen LogP contribution in [0.1, 0.15) is 28.9 Å². The second kappa shape index (κ2) is 5.96. The van der Waals surface area contributed by atoms with Crippen molar-refractivity contribution in [3.63, 3.8) is 0 Å².